The molecule has 2 spiro atoms. The standard InChI is InChI=1S/C56H61NO/c1-51(2)24-25-53(5,6)42-32-38(21-22-39(42)51)57(44-18-12-16-40-49(44)54(7,8)27-26-52(40,3)4)45-19-13-17-41-50(45)58-46-23-20-36(35-14-10-9-11-15-35)30-43(46)56(41)47-29-34-28-37-31-48(56)55(37,47)33-34/h9-23,30,32,34,37,47-48H,24-29,31,33H2,1-8H3. The van der Waals surface area contributed by atoms with Gasteiger partial charge in [0, 0.05) is 22.2 Å². The van der Waals surface area contributed by atoms with E-state index in [0.717, 1.165) is 23.3 Å². The number of rotatable bonds is 4. The first-order valence-electron chi connectivity index (χ1n) is 22.8. The van der Waals surface area contributed by atoms with Gasteiger partial charge < -0.3 is 9.64 Å². The van der Waals surface area contributed by atoms with Crippen molar-refractivity contribution >= 4 is 17.1 Å². The molecule has 5 aromatic carbocycles. The van der Waals surface area contributed by atoms with Crippen LogP contribution >= 0.6 is 0 Å². The Balaban J connectivity index is 1.12. The quantitative estimate of drug-likeness (QED) is 0.181. The molecule has 5 aromatic rings. The second-order valence-electron chi connectivity index (χ2n) is 22.7. The second-order valence-corrected chi connectivity index (χ2v) is 22.7. The van der Waals surface area contributed by atoms with Crippen molar-refractivity contribution < 1.29 is 4.74 Å². The van der Waals surface area contributed by atoms with Crippen LogP contribution in [0.4, 0.5) is 17.1 Å². The van der Waals surface area contributed by atoms with E-state index in [1.165, 1.54) is 113 Å². The lowest BCUT2D eigenvalue weighted by atomic mass is 9.26. The predicted molar refractivity (Wildman–Crippen MR) is 239 cm³/mol. The lowest BCUT2D eigenvalue weighted by Gasteiger charge is -2.77. The van der Waals surface area contributed by atoms with E-state index in [1.54, 1.807) is 0 Å². The molecule has 0 aromatic heterocycles. The van der Waals surface area contributed by atoms with E-state index < -0.39 is 0 Å². The Morgan fingerprint density at radius 2 is 1.19 bits per heavy atom. The van der Waals surface area contributed by atoms with Crippen molar-refractivity contribution in [3.05, 3.63) is 137 Å². The van der Waals surface area contributed by atoms with Gasteiger partial charge >= 0.3 is 0 Å². The van der Waals surface area contributed by atoms with E-state index >= 15 is 0 Å². The minimum absolute atomic E-state index is 0.0247. The van der Waals surface area contributed by atoms with Crippen LogP contribution in [0.15, 0.2) is 103 Å². The average Bonchev–Trinajstić information content (AvgIpc) is 3.74. The van der Waals surface area contributed by atoms with Crippen LogP contribution in [0.5, 0.6) is 11.5 Å². The van der Waals surface area contributed by atoms with E-state index in [1.807, 2.05) is 0 Å². The summed E-state index contributed by atoms with van der Waals surface area (Å²) in [6.07, 6.45) is 10.4. The van der Waals surface area contributed by atoms with Crippen LogP contribution in [0.2, 0.25) is 0 Å². The van der Waals surface area contributed by atoms with E-state index in [0.29, 0.717) is 17.3 Å². The summed E-state index contributed by atoms with van der Waals surface area (Å²) in [6.45, 7) is 19.7. The predicted octanol–water partition coefficient (Wildman–Crippen LogP) is 15.0. The molecule has 2 nitrogen and oxygen atoms in total. The first kappa shape index (κ1) is 35.6. The minimum Gasteiger partial charge on any atom is -0.455 e. The van der Waals surface area contributed by atoms with E-state index in [9.17, 15) is 0 Å². The molecule has 0 amide bonds. The number of benzene rings is 5. The van der Waals surface area contributed by atoms with Crippen molar-refractivity contribution in [1.29, 1.82) is 0 Å². The van der Waals surface area contributed by atoms with Crippen LogP contribution in [0.3, 0.4) is 0 Å². The van der Waals surface area contributed by atoms with E-state index in [4.69, 9.17) is 4.74 Å². The van der Waals surface area contributed by atoms with Gasteiger partial charge in [-0.2, -0.15) is 0 Å². The molecule has 1 heterocycles. The van der Waals surface area contributed by atoms with Gasteiger partial charge in [0.05, 0.1) is 11.4 Å². The van der Waals surface area contributed by atoms with Gasteiger partial charge in [0.15, 0.2) is 5.75 Å². The SMILES string of the molecule is CC1(C)CCC(C)(C)c2cc(N(c3cccc4c3Oc3ccc(-c5ccccc5)cc3C43C4CC5CC6CC3C64C5)c3cccc4c3C(C)(C)CCC4(C)C)ccc21. The Labute approximate surface area is 347 Å². The lowest BCUT2D eigenvalue weighted by molar-refractivity contribution is -0.235. The van der Waals surface area contributed by atoms with Gasteiger partial charge in [-0.3, -0.25) is 0 Å². The fraction of sp³-hybridized carbons (Fsp3) is 0.464. The highest BCUT2D eigenvalue weighted by Gasteiger charge is 2.84. The average molecular weight is 764 g/mol. The zero-order chi connectivity index (χ0) is 39.8. The summed E-state index contributed by atoms with van der Waals surface area (Å²) in [4.78, 5) is 2.66. The first-order valence-corrected chi connectivity index (χ1v) is 22.8. The van der Waals surface area contributed by atoms with Gasteiger partial charge in [0.25, 0.3) is 0 Å². The molecule has 0 saturated heterocycles. The van der Waals surface area contributed by atoms with Crippen molar-refractivity contribution in [3.8, 4) is 22.6 Å². The van der Waals surface area contributed by atoms with Crippen LogP contribution in [0, 0.1) is 29.1 Å². The van der Waals surface area contributed by atoms with Crippen molar-refractivity contribution in [2.24, 2.45) is 29.1 Å². The molecule has 296 valence electrons. The Bertz CT molecular complexity index is 2560. The normalized spacial score (nSPS) is 31.4. The summed E-state index contributed by atoms with van der Waals surface area (Å²) < 4.78 is 7.53. The van der Waals surface area contributed by atoms with Crippen molar-refractivity contribution in [1.82, 2.24) is 0 Å². The molecule has 1 aliphatic heterocycles. The van der Waals surface area contributed by atoms with E-state index in [2.05, 4.69) is 163 Å². The summed E-state index contributed by atoms with van der Waals surface area (Å²) in [5.41, 5.74) is 16.1. The zero-order valence-corrected chi connectivity index (χ0v) is 36.1. The van der Waals surface area contributed by atoms with Crippen LogP contribution in [0.1, 0.15) is 140 Å². The molecular weight excluding hydrogens is 703 g/mol. The Morgan fingerprint density at radius 1 is 0.517 bits per heavy atom. The Hall–Kier alpha value is -4.30. The number of anilines is 3. The third kappa shape index (κ3) is 4.35. The highest BCUT2D eigenvalue weighted by Crippen LogP contribution is 2.89. The molecular formula is C56H61NO. The number of hydrogen-bond donors (Lipinski definition) is 0. The summed E-state index contributed by atoms with van der Waals surface area (Å²) in [7, 11) is 0. The first-order chi connectivity index (χ1) is 27.7. The lowest BCUT2D eigenvalue weighted by Crippen LogP contribution is -2.74. The molecule has 6 unspecified atom stereocenters. The van der Waals surface area contributed by atoms with Crippen molar-refractivity contribution in [3.63, 3.8) is 0 Å². The fourth-order valence-corrected chi connectivity index (χ4v) is 15.1. The summed E-state index contributed by atoms with van der Waals surface area (Å²) in [6, 6.07) is 40.2. The molecule has 12 rings (SSSR count). The molecule has 6 atom stereocenters. The number of para-hydroxylation sites is 1. The largest absolute Gasteiger partial charge is 0.455 e. The maximum atomic E-state index is 7.53. The highest BCUT2D eigenvalue weighted by atomic mass is 16.5. The third-order valence-corrected chi connectivity index (χ3v) is 18.1. The van der Waals surface area contributed by atoms with Gasteiger partial charge in [0.1, 0.15) is 5.75 Å². The van der Waals surface area contributed by atoms with Gasteiger partial charge in [-0.1, -0.05) is 122 Å². The summed E-state index contributed by atoms with van der Waals surface area (Å²) >= 11 is 0. The van der Waals surface area contributed by atoms with Crippen LogP contribution < -0.4 is 9.64 Å². The molecule has 2 heteroatoms. The van der Waals surface area contributed by atoms with Crippen molar-refractivity contribution in [2.75, 3.05) is 4.90 Å². The van der Waals surface area contributed by atoms with Gasteiger partial charge in [-0.15, -0.1) is 0 Å². The van der Waals surface area contributed by atoms with Crippen LogP contribution in [-0.2, 0) is 27.1 Å². The Morgan fingerprint density at radius 3 is 1.95 bits per heavy atom. The molecule has 0 radical (unpaired) electrons. The van der Waals surface area contributed by atoms with Crippen LogP contribution in [-0.4, -0.2) is 0 Å². The highest BCUT2D eigenvalue weighted by molar-refractivity contribution is 5.87. The topological polar surface area (TPSA) is 12.5 Å². The molecule has 7 aliphatic rings. The second kappa shape index (κ2) is 11.3. The summed E-state index contributed by atoms with van der Waals surface area (Å²) in [5.74, 6) is 5.32. The smallest absolute Gasteiger partial charge is 0.155 e. The molecule has 58 heavy (non-hydrogen) atoms. The number of nitrogens with zero attached hydrogens (tertiary/aromatic N) is 1. The fourth-order valence-electron chi connectivity index (χ4n) is 15.1. The van der Waals surface area contributed by atoms with Crippen molar-refractivity contribution in [2.45, 2.75) is 134 Å². The monoisotopic (exact) mass is 763 g/mol. The number of hydrogen-bond acceptors (Lipinski definition) is 2. The molecule has 2 bridgehead atoms. The molecule has 6 aliphatic carbocycles. The number of fused-ring (bicyclic) bond motifs is 9. The maximum Gasteiger partial charge on any atom is 0.155 e. The van der Waals surface area contributed by atoms with Gasteiger partial charge in [-0.05, 0) is 172 Å². The molecule has 4 fully saturated rings. The zero-order valence-electron chi connectivity index (χ0n) is 36.1. The van der Waals surface area contributed by atoms with Gasteiger partial charge in [-0.25, -0.2) is 0 Å². The number of ether oxygens (including phenoxy) is 1. The third-order valence-electron chi connectivity index (χ3n) is 18.1. The van der Waals surface area contributed by atoms with E-state index in [-0.39, 0.29) is 27.1 Å². The van der Waals surface area contributed by atoms with Gasteiger partial charge in [0.2, 0.25) is 0 Å². The van der Waals surface area contributed by atoms with Crippen LogP contribution in [0.25, 0.3) is 11.1 Å². The molecule has 0 N–H and O–H groups in total. The maximum absolute atomic E-state index is 7.53. The minimum atomic E-state index is -0.0275. The molecule has 4 saturated carbocycles. The Kier molecular flexibility index (Phi) is 6.93. The summed E-state index contributed by atoms with van der Waals surface area (Å²) in [5, 5.41) is 0.